The number of benzene rings is 1. The molecule has 31 heavy (non-hydrogen) atoms. The smallest absolute Gasteiger partial charge is 0.274 e. The number of para-hydroxylation sites is 1. The maximum absolute atomic E-state index is 14.1. The number of hydrogen-bond acceptors (Lipinski definition) is 4. The van der Waals surface area contributed by atoms with E-state index in [2.05, 4.69) is 21.7 Å². The average Bonchev–Trinajstić information content (AvgIpc) is 3.16. The molecule has 0 N–H and O–H groups in total. The molecule has 0 bridgehead atoms. The molecule has 1 aromatic carbocycles. The van der Waals surface area contributed by atoms with Crippen molar-refractivity contribution in [2.45, 2.75) is 26.3 Å². The van der Waals surface area contributed by atoms with Gasteiger partial charge in [0.25, 0.3) is 5.91 Å². The van der Waals surface area contributed by atoms with Crippen LogP contribution >= 0.6 is 0 Å². The van der Waals surface area contributed by atoms with Crippen molar-refractivity contribution >= 4 is 17.2 Å². The fourth-order valence-corrected chi connectivity index (χ4v) is 4.11. The van der Waals surface area contributed by atoms with Crippen LogP contribution < -0.4 is 4.90 Å². The van der Waals surface area contributed by atoms with Gasteiger partial charge in [0, 0.05) is 52.5 Å². The fourth-order valence-electron chi connectivity index (χ4n) is 4.11. The average molecular weight is 424 g/mol. The Kier molecular flexibility index (Phi) is 6.51. The maximum Gasteiger partial charge on any atom is 0.274 e. The number of fused-ring (bicyclic) bond motifs is 1. The summed E-state index contributed by atoms with van der Waals surface area (Å²) in [6.07, 6.45) is 3.99. The molecule has 1 aliphatic rings. The summed E-state index contributed by atoms with van der Waals surface area (Å²) >= 11 is 0. The van der Waals surface area contributed by atoms with Crippen molar-refractivity contribution in [2.24, 2.45) is 0 Å². The van der Waals surface area contributed by atoms with Crippen LogP contribution in [0.5, 0.6) is 0 Å². The Labute approximate surface area is 182 Å². The molecule has 0 saturated carbocycles. The summed E-state index contributed by atoms with van der Waals surface area (Å²) in [4.78, 5) is 24.0. The number of unbranched alkanes of at least 4 members (excludes halogenated alkanes) is 1. The first kappa shape index (κ1) is 21.3. The van der Waals surface area contributed by atoms with Crippen LogP contribution in [0.4, 0.5) is 10.1 Å². The molecule has 164 valence electrons. The van der Waals surface area contributed by atoms with Gasteiger partial charge in [0.2, 0.25) is 0 Å². The molecule has 1 saturated heterocycles. The predicted molar refractivity (Wildman–Crippen MR) is 121 cm³/mol. The number of imidazole rings is 1. The molecular formula is C24H30FN5O. The number of nitrogens with zero attached hydrogens (tertiary/aromatic N) is 5. The second-order valence-corrected chi connectivity index (χ2v) is 8.13. The molecule has 1 amide bonds. The number of carbonyl (C=O) groups is 1. The number of aromatic nitrogens is 2. The van der Waals surface area contributed by atoms with Gasteiger partial charge in [-0.25, -0.2) is 9.37 Å². The molecule has 4 rings (SSSR count). The van der Waals surface area contributed by atoms with E-state index in [0.717, 1.165) is 56.9 Å². The van der Waals surface area contributed by atoms with Gasteiger partial charge < -0.3 is 14.2 Å². The van der Waals surface area contributed by atoms with Gasteiger partial charge in [0.05, 0.1) is 11.4 Å². The van der Waals surface area contributed by atoms with E-state index in [4.69, 9.17) is 0 Å². The lowest BCUT2D eigenvalue weighted by Crippen LogP contribution is -2.46. The molecule has 1 fully saturated rings. The van der Waals surface area contributed by atoms with Crippen molar-refractivity contribution in [2.75, 3.05) is 44.7 Å². The minimum absolute atomic E-state index is 0.0304. The van der Waals surface area contributed by atoms with E-state index in [9.17, 15) is 9.18 Å². The van der Waals surface area contributed by atoms with Crippen LogP contribution in [0.1, 0.15) is 35.9 Å². The number of carbonyl (C=O) groups excluding carboxylic acids is 1. The minimum Gasteiger partial charge on any atom is -0.367 e. The highest BCUT2D eigenvalue weighted by Crippen LogP contribution is 2.22. The molecule has 3 heterocycles. The van der Waals surface area contributed by atoms with E-state index in [0.29, 0.717) is 17.9 Å². The van der Waals surface area contributed by atoms with E-state index in [1.54, 1.807) is 11.0 Å². The molecule has 0 unspecified atom stereocenters. The SMILES string of the molecule is CCCCN(C)C(=O)c1nc2ccccn2c1CN1CCN(c2ccccc2F)CC1. The number of anilines is 1. The van der Waals surface area contributed by atoms with Crippen LogP contribution in [0.25, 0.3) is 5.65 Å². The molecule has 0 spiro atoms. The van der Waals surface area contributed by atoms with E-state index in [1.807, 2.05) is 48.0 Å². The lowest BCUT2D eigenvalue weighted by Gasteiger charge is -2.36. The molecule has 0 radical (unpaired) electrons. The lowest BCUT2D eigenvalue weighted by atomic mass is 10.2. The Morgan fingerprint density at radius 3 is 2.58 bits per heavy atom. The van der Waals surface area contributed by atoms with E-state index in [1.165, 1.54) is 6.07 Å². The first-order valence-electron chi connectivity index (χ1n) is 11.0. The van der Waals surface area contributed by atoms with Gasteiger partial charge in [0.1, 0.15) is 11.5 Å². The van der Waals surface area contributed by atoms with Gasteiger partial charge >= 0.3 is 0 Å². The first-order chi connectivity index (χ1) is 15.1. The van der Waals surface area contributed by atoms with Gasteiger partial charge in [0.15, 0.2) is 5.69 Å². The number of hydrogen-bond donors (Lipinski definition) is 0. The number of pyridine rings is 1. The molecule has 6 nitrogen and oxygen atoms in total. The Bertz CT molecular complexity index is 1040. The Morgan fingerprint density at radius 1 is 1.10 bits per heavy atom. The standard InChI is InChI=1S/C24H30FN5O/c1-3-4-12-27(2)24(31)23-21(30-13-8-7-11-22(30)26-23)18-28-14-16-29(17-15-28)20-10-6-5-9-19(20)25/h5-11,13H,3-4,12,14-18H2,1-2H3. The fraction of sp³-hybridized carbons (Fsp3) is 0.417. The Hall–Kier alpha value is -2.93. The number of piperazine rings is 1. The Morgan fingerprint density at radius 2 is 1.84 bits per heavy atom. The molecule has 3 aromatic rings. The highest BCUT2D eigenvalue weighted by molar-refractivity contribution is 5.94. The van der Waals surface area contributed by atoms with Crippen LogP contribution in [-0.2, 0) is 6.54 Å². The quantitative estimate of drug-likeness (QED) is 0.582. The van der Waals surface area contributed by atoms with Crippen LogP contribution in [0.15, 0.2) is 48.7 Å². The number of halogens is 1. The molecule has 7 heteroatoms. The van der Waals surface area contributed by atoms with Crippen molar-refractivity contribution in [3.05, 3.63) is 65.9 Å². The molecule has 0 aliphatic carbocycles. The lowest BCUT2D eigenvalue weighted by molar-refractivity contribution is 0.0785. The van der Waals surface area contributed by atoms with Crippen molar-refractivity contribution in [3.63, 3.8) is 0 Å². The monoisotopic (exact) mass is 423 g/mol. The van der Waals surface area contributed by atoms with Crippen molar-refractivity contribution < 1.29 is 9.18 Å². The zero-order chi connectivity index (χ0) is 21.8. The highest BCUT2D eigenvalue weighted by Gasteiger charge is 2.25. The van der Waals surface area contributed by atoms with Crippen LogP contribution in [0.2, 0.25) is 0 Å². The number of rotatable bonds is 7. The van der Waals surface area contributed by atoms with E-state index in [-0.39, 0.29) is 11.7 Å². The molecule has 2 aromatic heterocycles. The van der Waals surface area contributed by atoms with Crippen LogP contribution in [0.3, 0.4) is 0 Å². The van der Waals surface area contributed by atoms with Gasteiger partial charge in [-0.05, 0) is 30.7 Å². The Balaban J connectivity index is 1.52. The van der Waals surface area contributed by atoms with Crippen LogP contribution in [-0.4, -0.2) is 64.9 Å². The van der Waals surface area contributed by atoms with Crippen molar-refractivity contribution in [3.8, 4) is 0 Å². The van der Waals surface area contributed by atoms with Gasteiger partial charge in [-0.1, -0.05) is 31.5 Å². The summed E-state index contributed by atoms with van der Waals surface area (Å²) in [7, 11) is 1.85. The van der Waals surface area contributed by atoms with Crippen LogP contribution in [0, 0.1) is 5.82 Å². The summed E-state index contributed by atoms with van der Waals surface area (Å²) in [5.74, 6) is -0.210. The maximum atomic E-state index is 14.1. The van der Waals surface area contributed by atoms with Gasteiger partial charge in [-0.3, -0.25) is 9.69 Å². The molecule has 0 atom stereocenters. The largest absolute Gasteiger partial charge is 0.367 e. The second-order valence-electron chi connectivity index (χ2n) is 8.13. The zero-order valence-corrected chi connectivity index (χ0v) is 18.3. The third kappa shape index (κ3) is 4.56. The first-order valence-corrected chi connectivity index (χ1v) is 11.0. The topological polar surface area (TPSA) is 44.1 Å². The zero-order valence-electron chi connectivity index (χ0n) is 18.3. The molecular weight excluding hydrogens is 393 g/mol. The summed E-state index contributed by atoms with van der Waals surface area (Å²) in [6.45, 7) is 6.58. The van der Waals surface area contributed by atoms with Crippen molar-refractivity contribution in [1.29, 1.82) is 0 Å². The third-order valence-electron chi connectivity index (χ3n) is 5.96. The predicted octanol–water partition coefficient (Wildman–Crippen LogP) is 3.67. The normalized spacial score (nSPS) is 14.9. The van der Waals surface area contributed by atoms with E-state index >= 15 is 0 Å². The highest BCUT2D eigenvalue weighted by atomic mass is 19.1. The van der Waals surface area contributed by atoms with Gasteiger partial charge in [-0.15, -0.1) is 0 Å². The molecule has 1 aliphatic heterocycles. The third-order valence-corrected chi connectivity index (χ3v) is 5.96. The summed E-state index contributed by atoms with van der Waals surface area (Å²) < 4.78 is 16.2. The van der Waals surface area contributed by atoms with Crippen molar-refractivity contribution in [1.82, 2.24) is 19.2 Å². The second kappa shape index (κ2) is 9.47. The van der Waals surface area contributed by atoms with E-state index < -0.39 is 0 Å². The number of amides is 1. The summed E-state index contributed by atoms with van der Waals surface area (Å²) in [5.41, 5.74) is 2.89. The minimum atomic E-state index is -0.180. The summed E-state index contributed by atoms with van der Waals surface area (Å²) in [6, 6.07) is 12.8. The summed E-state index contributed by atoms with van der Waals surface area (Å²) in [5, 5.41) is 0. The van der Waals surface area contributed by atoms with Gasteiger partial charge in [-0.2, -0.15) is 0 Å².